The summed E-state index contributed by atoms with van der Waals surface area (Å²) in [6, 6.07) is 14.0. The van der Waals surface area contributed by atoms with Gasteiger partial charge in [-0.3, -0.25) is 0 Å². The first-order valence-corrected chi connectivity index (χ1v) is 9.48. The lowest BCUT2D eigenvalue weighted by Crippen LogP contribution is -2.32. The van der Waals surface area contributed by atoms with Crippen LogP contribution in [0.3, 0.4) is 0 Å². The van der Waals surface area contributed by atoms with Crippen molar-refractivity contribution in [3.63, 3.8) is 0 Å². The van der Waals surface area contributed by atoms with Gasteiger partial charge in [0.25, 0.3) is 0 Å². The third kappa shape index (κ3) is 4.01. The molecule has 0 bridgehead atoms. The average molecular weight is 446 g/mol. The molecule has 1 saturated heterocycles. The van der Waals surface area contributed by atoms with Gasteiger partial charge in [0.2, 0.25) is 5.79 Å². The van der Waals surface area contributed by atoms with E-state index in [-0.39, 0.29) is 13.2 Å². The molecule has 1 aliphatic rings. The highest BCUT2D eigenvalue weighted by molar-refractivity contribution is 9.09. The fourth-order valence-corrected chi connectivity index (χ4v) is 3.86. The van der Waals surface area contributed by atoms with E-state index in [4.69, 9.17) is 37.4 Å². The standard InChI is InChI=1S/C18H15BrCl2O4/c19-11-18(16-14(20)7-4-8-15(16)21)24-10-13(25-18)9-23-17(22)12-5-2-1-3-6-12/h1-8,13H,9-11H2/t13-,18-/m0/s1. The van der Waals surface area contributed by atoms with Crippen molar-refractivity contribution in [1.82, 2.24) is 0 Å². The monoisotopic (exact) mass is 444 g/mol. The number of alkyl halides is 1. The van der Waals surface area contributed by atoms with Gasteiger partial charge in [-0.05, 0) is 24.3 Å². The summed E-state index contributed by atoms with van der Waals surface area (Å²) in [6.07, 6.45) is -0.419. The first-order valence-electron chi connectivity index (χ1n) is 7.60. The lowest BCUT2D eigenvalue weighted by Gasteiger charge is -2.28. The molecule has 132 valence electrons. The predicted octanol–water partition coefficient (Wildman–Crippen LogP) is 4.81. The van der Waals surface area contributed by atoms with Gasteiger partial charge in [0.05, 0.1) is 27.5 Å². The zero-order chi connectivity index (χ0) is 17.9. The Hall–Kier alpha value is -1.11. The van der Waals surface area contributed by atoms with Crippen LogP contribution in [-0.2, 0) is 20.0 Å². The second-order valence-electron chi connectivity index (χ2n) is 5.50. The molecule has 0 radical (unpaired) electrons. The second kappa shape index (κ2) is 8.06. The molecule has 3 rings (SSSR count). The number of carbonyl (C=O) groups excluding carboxylic acids is 1. The van der Waals surface area contributed by atoms with Gasteiger partial charge in [0.15, 0.2) is 0 Å². The van der Waals surface area contributed by atoms with Gasteiger partial charge in [-0.2, -0.15) is 0 Å². The minimum absolute atomic E-state index is 0.0740. The zero-order valence-corrected chi connectivity index (χ0v) is 16.2. The Bertz CT molecular complexity index is 736. The fraction of sp³-hybridized carbons (Fsp3) is 0.278. The maximum atomic E-state index is 12.0. The van der Waals surface area contributed by atoms with Crippen molar-refractivity contribution in [3.8, 4) is 0 Å². The zero-order valence-electron chi connectivity index (χ0n) is 13.1. The first kappa shape index (κ1) is 18.7. The van der Waals surface area contributed by atoms with Gasteiger partial charge >= 0.3 is 5.97 Å². The molecule has 0 unspecified atom stereocenters. The van der Waals surface area contributed by atoms with E-state index in [0.29, 0.717) is 26.5 Å². The van der Waals surface area contributed by atoms with E-state index < -0.39 is 17.9 Å². The minimum Gasteiger partial charge on any atom is -0.459 e. The maximum absolute atomic E-state index is 12.0. The van der Waals surface area contributed by atoms with Gasteiger partial charge in [-0.25, -0.2) is 4.79 Å². The van der Waals surface area contributed by atoms with E-state index in [9.17, 15) is 4.79 Å². The highest BCUT2D eigenvalue weighted by Gasteiger charge is 2.45. The Kier molecular flexibility index (Phi) is 6.02. The molecule has 0 spiro atoms. The molecule has 2 atom stereocenters. The van der Waals surface area contributed by atoms with Gasteiger partial charge in [0.1, 0.15) is 12.7 Å². The summed E-state index contributed by atoms with van der Waals surface area (Å²) < 4.78 is 17.2. The molecule has 1 fully saturated rings. The molecule has 1 aliphatic heterocycles. The molecule has 2 aromatic rings. The number of ether oxygens (including phenoxy) is 3. The van der Waals surface area contributed by atoms with E-state index in [1.165, 1.54) is 0 Å². The van der Waals surface area contributed by atoms with Crippen LogP contribution < -0.4 is 0 Å². The van der Waals surface area contributed by atoms with Crippen molar-refractivity contribution in [2.45, 2.75) is 11.9 Å². The largest absolute Gasteiger partial charge is 0.459 e. The van der Waals surface area contributed by atoms with Crippen LogP contribution in [0.5, 0.6) is 0 Å². The molecular weight excluding hydrogens is 431 g/mol. The molecule has 1 heterocycles. The lowest BCUT2D eigenvalue weighted by molar-refractivity contribution is -0.160. The van der Waals surface area contributed by atoms with Crippen LogP contribution >= 0.6 is 39.1 Å². The molecule has 0 aromatic heterocycles. The number of hydrogen-bond donors (Lipinski definition) is 0. The number of esters is 1. The summed E-state index contributed by atoms with van der Waals surface area (Å²) in [5.74, 6) is -1.52. The Morgan fingerprint density at radius 1 is 1.16 bits per heavy atom. The van der Waals surface area contributed by atoms with Crippen molar-refractivity contribution in [2.24, 2.45) is 0 Å². The molecule has 0 saturated carbocycles. The van der Waals surface area contributed by atoms with Crippen LogP contribution in [0.4, 0.5) is 0 Å². The number of carbonyl (C=O) groups is 1. The molecule has 25 heavy (non-hydrogen) atoms. The molecule has 7 heteroatoms. The van der Waals surface area contributed by atoms with Crippen molar-refractivity contribution in [3.05, 3.63) is 69.7 Å². The molecule has 4 nitrogen and oxygen atoms in total. The van der Waals surface area contributed by atoms with Crippen LogP contribution in [0.25, 0.3) is 0 Å². The number of benzene rings is 2. The number of halogens is 3. The molecule has 0 N–H and O–H groups in total. The molecule has 0 aliphatic carbocycles. The third-order valence-corrected chi connectivity index (χ3v) is 5.16. The smallest absolute Gasteiger partial charge is 0.338 e. The Labute approximate surface area is 164 Å². The average Bonchev–Trinajstić information content (AvgIpc) is 3.05. The van der Waals surface area contributed by atoms with E-state index in [1.807, 2.05) is 6.07 Å². The summed E-state index contributed by atoms with van der Waals surface area (Å²) in [4.78, 5) is 12.0. The summed E-state index contributed by atoms with van der Waals surface area (Å²) in [5.41, 5.74) is 1.05. The topological polar surface area (TPSA) is 44.8 Å². The van der Waals surface area contributed by atoms with Crippen LogP contribution in [-0.4, -0.2) is 30.6 Å². The predicted molar refractivity (Wildman–Crippen MR) is 99.5 cm³/mol. The summed E-state index contributed by atoms with van der Waals surface area (Å²) in [6.45, 7) is 0.333. The van der Waals surface area contributed by atoms with Crippen molar-refractivity contribution >= 4 is 45.1 Å². The van der Waals surface area contributed by atoms with Gasteiger partial charge in [-0.15, -0.1) is 0 Å². The quantitative estimate of drug-likeness (QED) is 0.489. The van der Waals surface area contributed by atoms with Crippen LogP contribution in [0, 0.1) is 0 Å². The minimum atomic E-state index is -1.11. The van der Waals surface area contributed by atoms with E-state index in [2.05, 4.69) is 15.9 Å². The first-order chi connectivity index (χ1) is 12.1. The summed E-state index contributed by atoms with van der Waals surface area (Å²) in [5, 5.41) is 1.25. The van der Waals surface area contributed by atoms with Gasteiger partial charge < -0.3 is 14.2 Å². The highest BCUT2D eigenvalue weighted by Crippen LogP contribution is 2.43. The molecule has 2 aromatic carbocycles. The highest BCUT2D eigenvalue weighted by atomic mass is 79.9. The van der Waals surface area contributed by atoms with Crippen LogP contribution in [0.15, 0.2) is 48.5 Å². The fourth-order valence-electron chi connectivity index (χ4n) is 2.60. The number of rotatable bonds is 5. The third-order valence-electron chi connectivity index (χ3n) is 3.79. The van der Waals surface area contributed by atoms with Crippen molar-refractivity contribution in [2.75, 3.05) is 18.5 Å². The maximum Gasteiger partial charge on any atom is 0.338 e. The SMILES string of the molecule is O=C(OC[C@H]1CO[C@](CBr)(c2c(Cl)cccc2Cl)O1)c1ccccc1. The van der Waals surface area contributed by atoms with Crippen molar-refractivity contribution in [1.29, 1.82) is 0 Å². The normalized spacial score (nSPS) is 22.8. The molecule has 0 amide bonds. The second-order valence-corrected chi connectivity index (χ2v) is 6.87. The van der Waals surface area contributed by atoms with Gasteiger partial charge in [-0.1, -0.05) is 63.4 Å². The lowest BCUT2D eigenvalue weighted by atomic mass is 10.1. The van der Waals surface area contributed by atoms with Gasteiger partial charge in [0, 0.05) is 5.56 Å². The Morgan fingerprint density at radius 2 is 1.84 bits per heavy atom. The van der Waals surface area contributed by atoms with Crippen LogP contribution in [0.2, 0.25) is 10.0 Å². The molecular formula is C18H15BrCl2O4. The Balaban J connectivity index is 1.69. The summed E-state index contributed by atoms with van der Waals surface area (Å²) >= 11 is 16.0. The number of hydrogen-bond acceptors (Lipinski definition) is 4. The van der Waals surface area contributed by atoms with E-state index in [1.54, 1.807) is 42.5 Å². The van der Waals surface area contributed by atoms with Crippen molar-refractivity contribution < 1.29 is 19.0 Å². The van der Waals surface area contributed by atoms with Crippen LogP contribution in [0.1, 0.15) is 15.9 Å². The summed E-state index contributed by atoms with van der Waals surface area (Å²) in [7, 11) is 0. The van der Waals surface area contributed by atoms with E-state index >= 15 is 0 Å². The van der Waals surface area contributed by atoms with E-state index in [0.717, 1.165) is 0 Å². The Morgan fingerprint density at radius 3 is 2.48 bits per heavy atom.